The van der Waals surface area contributed by atoms with E-state index in [1.54, 1.807) is 13.3 Å². The zero-order valence-corrected chi connectivity index (χ0v) is 9.92. The molecule has 90 valence electrons. The van der Waals surface area contributed by atoms with E-state index in [0.29, 0.717) is 5.56 Å². The fourth-order valence-corrected chi connectivity index (χ4v) is 2.34. The fraction of sp³-hybridized carbons (Fsp3) is 0.429. The monoisotopic (exact) mass is 232 g/mol. The standard InChI is InChI=1S/C14H18N2O/c1-17-12-4-5-14-13(8-12)10(9-16-14)7-11-3-2-6-15-11/h4-5,8-9,11,15-16H,2-3,6-7H2,1H3/t11-/m1/s1/i7D2. The van der Waals surface area contributed by atoms with Crippen molar-refractivity contribution in [3.63, 3.8) is 0 Å². The molecule has 3 nitrogen and oxygen atoms in total. The number of benzene rings is 1. The number of ether oxygens (including phenoxy) is 1. The number of fused-ring (bicyclic) bond motifs is 1. The second-order valence-corrected chi connectivity index (χ2v) is 4.41. The van der Waals surface area contributed by atoms with Gasteiger partial charge in [-0.3, -0.25) is 0 Å². The van der Waals surface area contributed by atoms with Gasteiger partial charge in [-0.2, -0.15) is 0 Å². The van der Waals surface area contributed by atoms with Crippen LogP contribution in [-0.4, -0.2) is 24.7 Å². The highest BCUT2D eigenvalue weighted by atomic mass is 16.5. The van der Waals surface area contributed by atoms with Crippen molar-refractivity contribution in [2.45, 2.75) is 25.3 Å². The number of hydrogen-bond donors (Lipinski definition) is 2. The van der Waals surface area contributed by atoms with E-state index < -0.39 is 6.37 Å². The van der Waals surface area contributed by atoms with Crippen LogP contribution in [0.5, 0.6) is 5.75 Å². The summed E-state index contributed by atoms with van der Waals surface area (Å²) in [5.41, 5.74) is 1.65. The van der Waals surface area contributed by atoms with E-state index >= 15 is 0 Å². The molecule has 0 bridgehead atoms. The van der Waals surface area contributed by atoms with E-state index in [0.717, 1.165) is 36.0 Å². The third-order valence-corrected chi connectivity index (χ3v) is 3.28. The molecule has 0 amide bonds. The van der Waals surface area contributed by atoms with Gasteiger partial charge in [-0.15, -0.1) is 0 Å². The summed E-state index contributed by atoms with van der Waals surface area (Å²) in [5, 5.41) is 4.16. The van der Waals surface area contributed by atoms with Gasteiger partial charge in [0.2, 0.25) is 0 Å². The summed E-state index contributed by atoms with van der Waals surface area (Å²) in [4.78, 5) is 3.15. The summed E-state index contributed by atoms with van der Waals surface area (Å²) < 4.78 is 22.1. The van der Waals surface area contributed by atoms with Crippen LogP contribution in [0.4, 0.5) is 0 Å². The van der Waals surface area contributed by atoms with Gasteiger partial charge in [0.05, 0.1) is 7.11 Å². The molecule has 0 spiro atoms. The molecule has 0 radical (unpaired) electrons. The molecule has 0 aliphatic carbocycles. The molecule has 1 atom stereocenters. The zero-order valence-electron chi connectivity index (χ0n) is 11.9. The molecule has 3 heteroatoms. The van der Waals surface area contributed by atoms with Crippen molar-refractivity contribution in [1.82, 2.24) is 10.3 Å². The maximum Gasteiger partial charge on any atom is 0.119 e. The molecule has 0 saturated carbocycles. The van der Waals surface area contributed by atoms with E-state index in [9.17, 15) is 0 Å². The summed E-state index contributed by atoms with van der Waals surface area (Å²) in [6.07, 6.45) is 2.32. The third-order valence-electron chi connectivity index (χ3n) is 3.28. The quantitative estimate of drug-likeness (QED) is 0.853. The number of hydrogen-bond acceptors (Lipinski definition) is 2. The fourth-order valence-electron chi connectivity index (χ4n) is 2.34. The zero-order chi connectivity index (χ0) is 13.5. The maximum atomic E-state index is 8.43. The molecule has 17 heavy (non-hydrogen) atoms. The number of rotatable bonds is 3. The van der Waals surface area contributed by atoms with Crippen LogP contribution in [0.2, 0.25) is 0 Å². The Kier molecular flexibility index (Phi) is 2.23. The second kappa shape index (κ2) is 4.41. The summed E-state index contributed by atoms with van der Waals surface area (Å²) in [6, 6.07) is 5.59. The molecule has 1 saturated heterocycles. The average molecular weight is 232 g/mol. The topological polar surface area (TPSA) is 37.0 Å². The minimum atomic E-state index is -1.37. The van der Waals surface area contributed by atoms with Gasteiger partial charge < -0.3 is 15.0 Å². The number of nitrogens with one attached hydrogen (secondary N) is 2. The molecule has 0 unspecified atom stereocenters. The lowest BCUT2D eigenvalue weighted by atomic mass is 10.0. The molecular weight excluding hydrogens is 212 g/mol. The molecular formula is C14H18N2O. The van der Waals surface area contributed by atoms with E-state index in [-0.39, 0.29) is 6.04 Å². The summed E-state index contributed by atoms with van der Waals surface area (Å²) in [7, 11) is 1.63. The van der Waals surface area contributed by atoms with Crippen molar-refractivity contribution in [3.8, 4) is 5.75 Å². The van der Waals surface area contributed by atoms with Gasteiger partial charge in [0.1, 0.15) is 5.75 Å². The normalized spacial score (nSPS) is 22.5. The Morgan fingerprint density at radius 1 is 1.53 bits per heavy atom. The smallest absolute Gasteiger partial charge is 0.119 e. The van der Waals surface area contributed by atoms with Crippen molar-refractivity contribution in [1.29, 1.82) is 0 Å². The largest absolute Gasteiger partial charge is 0.497 e. The Hall–Kier alpha value is -1.48. The van der Waals surface area contributed by atoms with Crippen LogP contribution in [-0.2, 0) is 6.37 Å². The van der Waals surface area contributed by atoms with Crippen molar-refractivity contribution in [2.75, 3.05) is 13.7 Å². The molecule has 3 rings (SSSR count). The summed E-state index contributed by atoms with van der Waals surface area (Å²) in [6.45, 7) is 0.899. The number of methoxy groups -OCH3 is 1. The first-order valence-corrected chi connectivity index (χ1v) is 6.02. The number of H-pyrrole nitrogens is 1. The number of aromatic nitrogens is 1. The van der Waals surface area contributed by atoms with E-state index in [1.165, 1.54) is 0 Å². The first-order valence-electron chi connectivity index (χ1n) is 7.02. The number of aromatic amines is 1. The summed E-state index contributed by atoms with van der Waals surface area (Å²) in [5.74, 6) is 0.753. The lowest BCUT2D eigenvalue weighted by Gasteiger charge is -2.09. The Labute approximate surface area is 104 Å². The van der Waals surface area contributed by atoms with E-state index in [4.69, 9.17) is 7.48 Å². The molecule has 1 aliphatic rings. The minimum absolute atomic E-state index is 0.113. The second-order valence-electron chi connectivity index (χ2n) is 4.41. The molecule has 2 heterocycles. The maximum absolute atomic E-state index is 8.43. The minimum Gasteiger partial charge on any atom is -0.497 e. The van der Waals surface area contributed by atoms with Crippen molar-refractivity contribution in [2.24, 2.45) is 0 Å². The Bertz CT molecular complexity index is 588. The lowest BCUT2D eigenvalue weighted by molar-refractivity contribution is 0.415. The summed E-state index contributed by atoms with van der Waals surface area (Å²) >= 11 is 0. The van der Waals surface area contributed by atoms with Crippen LogP contribution in [0.15, 0.2) is 24.4 Å². The van der Waals surface area contributed by atoms with Crippen LogP contribution < -0.4 is 10.1 Å². The molecule has 1 fully saturated rings. The Balaban J connectivity index is 2.08. The van der Waals surface area contributed by atoms with Crippen LogP contribution in [0, 0.1) is 0 Å². The average Bonchev–Trinajstić information content (AvgIpc) is 3.07. The molecule has 1 aliphatic heterocycles. The molecule has 2 aromatic rings. The molecule has 1 aromatic heterocycles. The third kappa shape index (κ3) is 2.03. The molecule has 2 N–H and O–H groups in total. The van der Waals surface area contributed by atoms with Crippen LogP contribution in [0.3, 0.4) is 0 Å². The van der Waals surface area contributed by atoms with Gasteiger partial charge in [-0.05, 0) is 49.5 Å². The first kappa shape index (κ1) is 8.59. The van der Waals surface area contributed by atoms with Crippen molar-refractivity contribution >= 4 is 10.9 Å². The van der Waals surface area contributed by atoms with Crippen molar-refractivity contribution < 1.29 is 7.48 Å². The van der Waals surface area contributed by atoms with Gasteiger partial charge in [-0.1, -0.05) is 0 Å². The van der Waals surface area contributed by atoms with Gasteiger partial charge in [-0.25, -0.2) is 0 Å². The van der Waals surface area contributed by atoms with Crippen LogP contribution in [0.1, 0.15) is 21.1 Å². The Morgan fingerprint density at radius 3 is 3.24 bits per heavy atom. The molecule has 1 aromatic carbocycles. The lowest BCUT2D eigenvalue weighted by Crippen LogP contribution is -2.23. The highest BCUT2D eigenvalue weighted by molar-refractivity contribution is 5.84. The SMILES string of the molecule is [2H]C([2H])(c1c[nH]c2ccc(OC)cc12)[C@H]1CCCN1. The predicted molar refractivity (Wildman–Crippen MR) is 69.6 cm³/mol. The van der Waals surface area contributed by atoms with E-state index in [1.807, 2.05) is 18.2 Å². The van der Waals surface area contributed by atoms with Crippen LogP contribution >= 0.6 is 0 Å². The van der Waals surface area contributed by atoms with Crippen molar-refractivity contribution in [3.05, 3.63) is 30.0 Å². The van der Waals surface area contributed by atoms with E-state index in [2.05, 4.69) is 10.3 Å². The first-order chi connectivity index (χ1) is 9.13. The Morgan fingerprint density at radius 2 is 2.47 bits per heavy atom. The van der Waals surface area contributed by atoms with Crippen LogP contribution in [0.25, 0.3) is 10.9 Å². The van der Waals surface area contributed by atoms with Gasteiger partial charge in [0.15, 0.2) is 0 Å². The van der Waals surface area contributed by atoms with Gasteiger partial charge in [0.25, 0.3) is 0 Å². The van der Waals surface area contributed by atoms with Gasteiger partial charge >= 0.3 is 0 Å². The highest BCUT2D eigenvalue weighted by Gasteiger charge is 2.16. The van der Waals surface area contributed by atoms with Gasteiger partial charge in [0, 0.05) is 25.9 Å². The predicted octanol–water partition coefficient (Wildman–Crippen LogP) is 2.47. The highest BCUT2D eigenvalue weighted by Crippen LogP contribution is 2.25.